The van der Waals surface area contributed by atoms with Crippen LogP contribution in [0, 0.1) is 20.2 Å². The van der Waals surface area contributed by atoms with Crippen LogP contribution in [-0.2, 0) is 0 Å². The molecule has 9 heteroatoms. The molecule has 0 fully saturated rings. The lowest BCUT2D eigenvalue weighted by atomic mass is 10.0. The largest absolute Gasteiger partial charge is 0.477 e. The molecule has 2 aromatic carbocycles. The van der Waals surface area contributed by atoms with E-state index in [2.05, 4.69) is 0 Å². The smallest absolute Gasteiger partial charge is 0.342 e. The predicted octanol–water partition coefficient (Wildman–Crippen LogP) is 2.43. The molecule has 0 aromatic heterocycles. The highest BCUT2D eigenvalue weighted by Crippen LogP contribution is 2.23. The third kappa shape index (κ3) is 3.18. The average molecular weight is 316 g/mol. The van der Waals surface area contributed by atoms with Crippen LogP contribution >= 0.6 is 0 Å². The highest BCUT2D eigenvalue weighted by Gasteiger charge is 2.22. The summed E-state index contributed by atoms with van der Waals surface area (Å²) in [5.41, 5.74) is -1.43. The molecule has 0 saturated heterocycles. The van der Waals surface area contributed by atoms with E-state index in [0.717, 1.165) is 30.3 Å². The highest BCUT2D eigenvalue weighted by molar-refractivity contribution is 6.10. The van der Waals surface area contributed by atoms with Crippen molar-refractivity contribution in [3.05, 3.63) is 79.4 Å². The van der Waals surface area contributed by atoms with Crippen LogP contribution in [-0.4, -0.2) is 26.7 Å². The molecule has 0 aliphatic heterocycles. The summed E-state index contributed by atoms with van der Waals surface area (Å²) >= 11 is 0. The van der Waals surface area contributed by atoms with Crippen LogP contribution in [0.15, 0.2) is 42.5 Å². The number of hydrogen-bond donors (Lipinski definition) is 1. The van der Waals surface area contributed by atoms with Crippen LogP contribution in [0.2, 0.25) is 0 Å². The molecule has 0 bridgehead atoms. The first kappa shape index (κ1) is 15.8. The minimum atomic E-state index is -1.48. The second kappa shape index (κ2) is 6.02. The Morgan fingerprint density at radius 2 is 1.43 bits per heavy atom. The van der Waals surface area contributed by atoms with Gasteiger partial charge in [-0.25, -0.2) is 4.79 Å². The number of nitro benzene ring substituents is 2. The number of nitrogens with zero attached hydrogens (tertiary/aromatic N) is 2. The topological polar surface area (TPSA) is 141 Å². The average Bonchev–Trinajstić information content (AvgIpc) is 2.53. The third-order valence-corrected chi connectivity index (χ3v) is 3.03. The van der Waals surface area contributed by atoms with Gasteiger partial charge in [0.1, 0.15) is 5.56 Å². The Bertz CT molecular complexity index is 828. The zero-order valence-electron chi connectivity index (χ0n) is 11.3. The number of carboxylic acid groups (broad SMARTS) is 1. The fourth-order valence-corrected chi connectivity index (χ4v) is 1.91. The molecule has 0 unspecified atom stereocenters. The fraction of sp³-hybridized carbons (Fsp3) is 0. The molecule has 0 heterocycles. The van der Waals surface area contributed by atoms with Gasteiger partial charge in [-0.1, -0.05) is 0 Å². The Labute approximate surface area is 128 Å². The van der Waals surface area contributed by atoms with Crippen molar-refractivity contribution in [1.82, 2.24) is 0 Å². The first-order chi connectivity index (χ1) is 10.8. The summed E-state index contributed by atoms with van der Waals surface area (Å²) in [5, 5.41) is 30.4. The second-order valence-electron chi connectivity index (χ2n) is 4.43. The monoisotopic (exact) mass is 316 g/mol. The standard InChI is InChI=1S/C14H8N2O7/c17-13(8-1-4-10(5-2-8)15(20)21)9-3-6-11(14(18)19)12(7-9)16(22)23/h1-7H,(H,18,19). The number of rotatable bonds is 5. The van der Waals surface area contributed by atoms with Gasteiger partial charge in [-0.05, 0) is 24.3 Å². The van der Waals surface area contributed by atoms with Gasteiger partial charge >= 0.3 is 5.97 Å². The number of non-ortho nitro benzene ring substituents is 1. The zero-order valence-corrected chi connectivity index (χ0v) is 11.3. The van der Waals surface area contributed by atoms with E-state index >= 15 is 0 Å². The van der Waals surface area contributed by atoms with Crippen molar-refractivity contribution in [2.75, 3.05) is 0 Å². The maximum atomic E-state index is 12.2. The number of ketones is 1. The van der Waals surface area contributed by atoms with Gasteiger partial charge in [-0.2, -0.15) is 0 Å². The van der Waals surface area contributed by atoms with E-state index in [1.54, 1.807) is 0 Å². The number of nitro groups is 2. The first-order valence-electron chi connectivity index (χ1n) is 6.12. The molecule has 2 rings (SSSR count). The molecule has 0 atom stereocenters. The van der Waals surface area contributed by atoms with Crippen molar-refractivity contribution in [2.45, 2.75) is 0 Å². The molecular formula is C14H8N2O7. The number of carboxylic acids is 1. The Morgan fingerprint density at radius 3 is 1.91 bits per heavy atom. The van der Waals surface area contributed by atoms with Crippen molar-refractivity contribution in [3.63, 3.8) is 0 Å². The molecule has 23 heavy (non-hydrogen) atoms. The Balaban J connectivity index is 2.43. The number of hydrogen-bond acceptors (Lipinski definition) is 6. The summed E-state index contributed by atoms with van der Waals surface area (Å²) < 4.78 is 0. The van der Waals surface area contributed by atoms with E-state index in [9.17, 15) is 29.8 Å². The van der Waals surface area contributed by atoms with Crippen LogP contribution in [0.25, 0.3) is 0 Å². The van der Waals surface area contributed by atoms with E-state index in [4.69, 9.17) is 5.11 Å². The Kier molecular flexibility index (Phi) is 4.12. The van der Waals surface area contributed by atoms with Crippen molar-refractivity contribution >= 4 is 23.1 Å². The Morgan fingerprint density at radius 1 is 0.870 bits per heavy atom. The number of benzene rings is 2. The summed E-state index contributed by atoms with van der Waals surface area (Å²) in [7, 11) is 0. The number of carbonyl (C=O) groups excluding carboxylic acids is 1. The van der Waals surface area contributed by atoms with E-state index in [0.29, 0.717) is 0 Å². The summed E-state index contributed by atoms with van der Waals surface area (Å²) in [6.45, 7) is 0. The van der Waals surface area contributed by atoms with Crippen LogP contribution in [0.1, 0.15) is 26.3 Å². The number of carbonyl (C=O) groups is 2. The first-order valence-corrected chi connectivity index (χ1v) is 6.12. The molecule has 9 nitrogen and oxygen atoms in total. The van der Waals surface area contributed by atoms with E-state index < -0.39 is 32.9 Å². The molecule has 2 aromatic rings. The molecule has 0 spiro atoms. The van der Waals surface area contributed by atoms with Gasteiger partial charge in [0.15, 0.2) is 5.78 Å². The lowest BCUT2D eigenvalue weighted by Gasteiger charge is -2.03. The summed E-state index contributed by atoms with van der Waals surface area (Å²) in [5.74, 6) is -2.09. The minimum Gasteiger partial charge on any atom is -0.477 e. The van der Waals surface area contributed by atoms with Gasteiger partial charge in [-0.15, -0.1) is 0 Å². The van der Waals surface area contributed by atoms with Crippen LogP contribution in [0.4, 0.5) is 11.4 Å². The van der Waals surface area contributed by atoms with Gasteiger partial charge in [-0.3, -0.25) is 25.0 Å². The van der Waals surface area contributed by atoms with E-state index in [1.807, 2.05) is 0 Å². The van der Waals surface area contributed by atoms with Gasteiger partial charge in [0.2, 0.25) is 0 Å². The molecule has 116 valence electrons. The van der Waals surface area contributed by atoms with Crippen LogP contribution < -0.4 is 0 Å². The summed E-state index contributed by atoms with van der Waals surface area (Å²) in [4.78, 5) is 43.1. The van der Waals surface area contributed by atoms with Gasteiger partial charge in [0.25, 0.3) is 11.4 Å². The van der Waals surface area contributed by atoms with Crippen molar-refractivity contribution in [2.24, 2.45) is 0 Å². The van der Waals surface area contributed by atoms with Crippen LogP contribution in [0.3, 0.4) is 0 Å². The van der Waals surface area contributed by atoms with Crippen LogP contribution in [0.5, 0.6) is 0 Å². The molecule has 0 saturated carbocycles. The predicted molar refractivity (Wildman–Crippen MR) is 76.6 cm³/mol. The van der Waals surface area contributed by atoms with Gasteiger partial charge in [0, 0.05) is 29.3 Å². The van der Waals surface area contributed by atoms with E-state index in [-0.39, 0.29) is 16.8 Å². The minimum absolute atomic E-state index is 0.0875. The molecule has 0 aliphatic rings. The van der Waals surface area contributed by atoms with Crippen molar-refractivity contribution < 1.29 is 24.5 Å². The summed E-state index contributed by atoms with van der Waals surface area (Å²) in [6.07, 6.45) is 0. The SMILES string of the molecule is O=C(c1ccc([N+](=O)[O-])cc1)c1ccc(C(=O)O)c([N+](=O)[O-])c1. The third-order valence-electron chi connectivity index (χ3n) is 3.03. The summed E-state index contributed by atoms with van der Waals surface area (Å²) in [6, 6.07) is 7.70. The van der Waals surface area contributed by atoms with Crippen molar-refractivity contribution in [3.8, 4) is 0 Å². The van der Waals surface area contributed by atoms with Gasteiger partial charge < -0.3 is 5.11 Å². The fourth-order valence-electron chi connectivity index (χ4n) is 1.91. The normalized spacial score (nSPS) is 10.1. The molecule has 0 aliphatic carbocycles. The maximum absolute atomic E-state index is 12.2. The number of aromatic carboxylic acids is 1. The van der Waals surface area contributed by atoms with E-state index in [1.165, 1.54) is 12.1 Å². The molecule has 0 amide bonds. The maximum Gasteiger partial charge on any atom is 0.342 e. The van der Waals surface area contributed by atoms with Crippen molar-refractivity contribution in [1.29, 1.82) is 0 Å². The molecule has 1 N–H and O–H groups in total. The molecule has 0 radical (unpaired) electrons. The second-order valence-corrected chi connectivity index (χ2v) is 4.43. The highest BCUT2D eigenvalue weighted by atomic mass is 16.6. The van der Waals surface area contributed by atoms with Gasteiger partial charge in [0.05, 0.1) is 9.85 Å². The zero-order chi connectivity index (χ0) is 17.1. The molecular weight excluding hydrogens is 308 g/mol. The Hall–Kier alpha value is -3.62. The lowest BCUT2D eigenvalue weighted by molar-refractivity contribution is -0.385. The lowest BCUT2D eigenvalue weighted by Crippen LogP contribution is -2.07. The quantitative estimate of drug-likeness (QED) is 0.507.